The van der Waals surface area contributed by atoms with Gasteiger partial charge in [-0.15, -0.1) is 0 Å². The van der Waals surface area contributed by atoms with Crippen molar-refractivity contribution in [2.75, 3.05) is 6.61 Å². The predicted molar refractivity (Wildman–Crippen MR) is 98.3 cm³/mol. The van der Waals surface area contributed by atoms with Crippen LogP contribution in [0.5, 0.6) is 0 Å². The highest BCUT2D eigenvalue weighted by molar-refractivity contribution is 7.89. The Balaban J connectivity index is 2.61. The highest BCUT2D eigenvalue weighted by Crippen LogP contribution is 2.44. The van der Waals surface area contributed by atoms with E-state index >= 15 is 0 Å². The minimum absolute atomic E-state index is 0.00534. The van der Waals surface area contributed by atoms with Gasteiger partial charge in [-0.05, 0) is 26.0 Å². The van der Waals surface area contributed by atoms with E-state index in [0.717, 1.165) is 5.56 Å². The van der Waals surface area contributed by atoms with Crippen LogP contribution in [0.15, 0.2) is 49.3 Å². The molecule has 0 heterocycles. The van der Waals surface area contributed by atoms with Gasteiger partial charge in [-0.1, -0.05) is 64.1 Å². The number of hydrogen-bond donors (Lipinski definition) is 1. The second kappa shape index (κ2) is 7.56. The molecular formula is C15H13Cl4NO4S. The summed E-state index contributed by atoms with van der Waals surface area (Å²) in [5.74, 6) is -0.816. The van der Waals surface area contributed by atoms with Crippen molar-refractivity contribution in [3.05, 3.63) is 50.0 Å². The van der Waals surface area contributed by atoms with E-state index in [9.17, 15) is 13.2 Å². The Hall–Kier alpha value is -0.600. The standard InChI is InChI=1S/C15H13Cl4NO4S/c1-3-24-15(13(18)10(16)12(21)11(17)14(15)19)20-25(22,23)9-6-4-8(2)5-7-9/h4-7,20H,3H2,1-2H3. The van der Waals surface area contributed by atoms with Crippen molar-refractivity contribution < 1.29 is 17.9 Å². The van der Waals surface area contributed by atoms with Gasteiger partial charge in [-0.3, -0.25) is 4.79 Å². The lowest BCUT2D eigenvalue weighted by Gasteiger charge is -2.36. The summed E-state index contributed by atoms with van der Waals surface area (Å²) in [6.07, 6.45) is 0. The third-order valence-corrected chi connectivity index (χ3v) is 6.65. The average molecular weight is 445 g/mol. The number of Topliss-reactive ketones (excluding diaryl/α,β-unsaturated/α-hetero) is 1. The number of hydrogen-bond acceptors (Lipinski definition) is 4. The second-order valence-electron chi connectivity index (χ2n) is 5.12. The number of benzene rings is 1. The summed E-state index contributed by atoms with van der Waals surface area (Å²) in [5, 5.41) is -1.77. The smallest absolute Gasteiger partial charge is 0.243 e. The Labute approximate surface area is 165 Å². The Bertz CT molecular complexity index is 847. The maximum absolute atomic E-state index is 12.8. The van der Waals surface area contributed by atoms with Crippen LogP contribution in [0.4, 0.5) is 0 Å². The second-order valence-corrected chi connectivity index (χ2v) is 8.31. The van der Waals surface area contributed by atoms with Crippen molar-refractivity contribution >= 4 is 62.2 Å². The molecule has 0 unspecified atom stereocenters. The number of halogens is 4. The van der Waals surface area contributed by atoms with Gasteiger partial charge in [0.05, 0.1) is 15.0 Å². The molecule has 1 aromatic carbocycles. The molecule has 25 heavy (non-hydrogen) atoms. The average Bonchev–Trinajstić information content (AvgIpc) is 2.57. The number of ether oxygens (including phenoxy) is 1. The van der Waals surface area contributed by atoms with Gasteiger partial charge in [0, 0.05) is 6.61 Å². The summed E-state index contributed by atoms with van der Waals surface area (Å²) < 4.78 is 33.3. The van der Waals surface area contributed by atoms with Crippen LogP contribution in [0, 0.1) is 6.92 Å². The molecule has 0 radical (unpaired) electrons. The maximum atomic E-state index is 12.8. The summed E-state index contributed by atoms with van der Waals surface area (Å²) in [7, 11) is -4.13. The van der Waals surface area contributed by atoms with Gasteiger partial charge in [-0.2, -0.15) is 4.72 Å². The zero-order valence-electron chi connectivity index (χ0n) is 13.1. The number of nitrogens with one attached hydrogen (secondary N) is 1. The van der Waals surface area contributed by atoms with Crippen molar-refractivity contribution in [1.82, 2.24) is 4.72 Å². The minimum Gasteiger partial charge on any atom is -0.350 e. The van der Waals surface area contributed by atoms with E-state index in [0.29, 0.717) is 0 Å². The largest absolute Gasteiger partial charge is 0.350 e. The fourth-order valence-corrected chi connectivity index (χ4v) is 4.61. The Morgan fingerprint density at radius 1 is 1.04 bits per heavy atom. The van der Waals surface area contributed by atoms with Crippen LogP contribution in [-0.4, -0.2) is 26.5 Å². The Morgan fingerprint density at radius 2 is 1.52 bits per heavy atom. The maximum Gasteiger partial charge on any atom is 0.243 e. The first-order chi connectivity index (χ1) is 11.6. The van der Waals surface area contributed by atoms with Crippen LogP contribution in [0.1, 0.15) is 12.5 Å². The molecule has 0 saturated heterocycles. The lowest BCUT2D eigenvalue weighted by Crippen LogP contribution is -2.53. The molecule has 0 spiro atoms. The molecule has 0 bridgehead atoms. The zero-order valence-corrected chi connectivity index (χ0v) is 16.9. The van der Waals surface area contributed by atoms with Gasteiger partial charge >= 0.3 is 0 Å². The first-order valence-electron chi connectivity index (χ1n) is 6.97. The number of carbonyl (C=O) groups excluding carboxylic acids is 1. The fourth-order valence-electron chi connectivity index (χ4n) is 2.13. The topological polar surface area (TPSA) is 72.5 Å². The molecule has 1 aliphatic carbocycles. The van der Waals surface area contributed by atoms with E-state index < -0.39 is 41.7 Å². The van der Waals surface area contributed by atoms with E-state index in [1.54, 1.807) is 19.1 Å². The molecule has 1 N–H and O–H groups in total. The highest BCUT2D eigenvalue weighted by atomic mass is 35.5. The summed E-state index contributed by atoms with van der Waals surface area (Å²) in [6.45, 7) is 3.41. The van der Waals surface area contributed by atoms with Crippen LogP contribution < -0.4 is 4.72 Å². The number of rotatable bonds is 5. The van der Waals surface area contributed by atoms with Crippen molar-refractivity contribution in [2.45, 2.75) is 24.5 Å². The number of sulfonamides is 1. The Morgan fingerprint density at radius 3 is 1.96 bits per heavy atom. The molecule has 0 aliphatic heterocycles. The predicted octanol–water partition coefficient (Wildman–Crippen LogP) is 3.97. The minimum atomic E-state index is -4.13. The molecule has 1 aromatic rings. The van der Waals surface area contributed by atoms with Crippen LogP contribution in [0.3, 0.4) is 0 Å². The molecule has 10 heteroatoms. The summed E-state index contributed by atoms with van der Waals surface area (Å²) >= 11 is 24.1. The molecule has 0 amide bonds. The van der Waals surface area contributed by atoms with Gasteiger partial charge in [0.25, 0.3) is 0 Å². The van der Waals surface area contributed by atoms with E-state index in [1.165, 1.54) is 12.1 Å². The lowest BCUT2D eigenvalue weighted by molar-refractivity contribution is -0.111. The van der Waals surface area contributed by atoms with Gasteiger partial charge in [-0.25, -0.2) is 8.42 Å². The third-order valence-electron chi connectivity index (χ3n) is 3.37. The van der Waals surface area contributed by atoms with Gasteiger partial charge in [0.1, 0.15) is 10.1 Å². The summed E-state index contributed by atoms with van der Waals surface area (Å²) in [4.78, 5) is 11.9. The van der Waals surface area contributed by atoms with E-state index in [-0.39, 0.29) is 11.5 Å². The monoisotopic (exact) mass is 443 g/mol. The Kier molecular flexibility index (Phi) is 6.27. The number of allylic oxidation sites excluding steroid dienone is 2. The molecule has 1 aliphatic rings. The van der Waals surface area contributed by atoms with Crippen molar-refractivity contribution in [1.29, 1.82) is 0 Å². The summed E-state index contributed by atoms with van der Waals surface area (Å²) in [5.41, 5.74) is -1.20. The van der Waals surface area contributed by atoms with E-state index in [1.807, 2.05) is 6.92 Å². The third kappa shape index (κ3) is 3.76. The lowest BCUT2D eigenvalue weighted by atomic mass is 10.1. The zero-order chi connectivity index (χ0) is 19.0. The van der Waals surface area contributed by atoms with Crippen molar-refractivity contribution in [2.24, 2.45) is 0 Å². The highest BCUT2D eigenvalue weighted by Gasteiger charge is 2.50. The van der Waals surface area contributed by atoms with Crippen LogP contribution in [0.2, 0.25) is 0 Å². The fraction of sp³-hybridized carbons (Fsp3) is 0.267. The first kappa shape index (κ1) is 20.7. The van der Waals surface area contributed by atoms with Crippen LogP contribution >= 0.6 is 46.4 Å². The number of ketones is 1. The van der Waals surface area contributed by atoms with Gasteiger partial charge in [0.2, 0.25) is 21.5 Å². The molecule has 0 fully saturated rings. The summed E-state index contributed by atoms with van der Waals surface area (Å²) in [6, 6.07) is 6.07. The van der Waals surface area contributed by atoms with Crippen molar-refractivity contribution in [3.8, 4) is 0 Å². The molecular weight excluding hydrogens is 432 g/mol. The SMILES string of the molecule is CCOC1(NS(=O)(=O)c2ccc(C)cc2)C(Cl)=C(Cl)C(=O)C(Cl)=C1Cl. The molecule has 136 valence electrons. The van der Waals surface area contributed by atoms with Crippen LogP contribution in [-0.2, 0) is 19.6 Å². The van der Waals surface area contributed by atoms with Gasteiger partial charge in [0.15, 0.2) is 0 Å². The quantitative estimate of drug-likeness (QED) is 0.697. The molecule has 0 saturated carbocycles. The van der Waals surface area contributed by atoms with E-state index in [2.05, 4.69) is 4.72 Å². The van der Waals surface area contributed by atoms with Crippen molar-refractivity contribution in [3.63, 3.8) is 0 Å². The molecule has 5 nitrogen and oxygen atoms in total. The molecule has 0 atom stereocenters. The van der Waals surface area contributed by atoms with Gasteiger partial charge < -0.3 is 4.74 Å². The molecule has 0 aromatic heterocycles. The number of carbonyl (C=O) groups is 1. The van der Waals surface area contributed by atoms with E-state index in [4.69, 9.17) is 51.1 Å². The normalized spacial score (nSPS) is 18.1. The van der Waals surface area contributed by atoms with Crippen LogP contribution in [0.25, 0.3) is 0 Å². The number of aryl methyl sites for hydroxylation is 1. The molecule has 2 rings (SSSR count). The first-order valence-corrected chi connectivity index (χ1v) is 9.97.